The number of unbranched alkanes of at least 4 members (excludes halogenated alkanes) is 2. The van der Waals surface area contributed by atoms with Gasteiger partial charge in [0.25, 0.3) is 0 Å². The van der Waals surface area contributed by atoms with Crippen LogP contribution in [0.25, 0.3) is 0 Å². The molecule has 0 amide bonds. The van der Waals surface area contributed by atoms with Gasteiger partial charge in [-0.05, 0) is 12.8 Å². The molecule has 0 atom stereocenters. The summed E-state index contributed by atoms with van der Waals surface area (Å²) < 4.78 is 0. The molecule has 16 heavy (non-hydrogen) atoms. The highest BCUT2D eigenvalue weighted by Gasteiger charge is 2.21. The minimum absolute atomic E-state index is 0.108. The van der Waals surface area contributed by atoms with Crippen molar-refractivity contribution >= 4 is 11.9 Å². The third-order valence-electron chi connectivity index (χ3n) is 2.44. The van der Waals surface area contributed by atoms with Gasteiger partial charge >= 0.3 is 11.9 Å². The fourth-order valence-electron chi connectivity index (χ4n) is 1.63. The average molecular weight is 225 g/mol. The van der Waals surface area contributed by atoms with Gasteiger partial charge in [-0.25, -0.2) is 9.59 Å². The van der Waals surface area contributed by atoms with Crippen LogP contribution in [0.2, 0.25) is 0 Å². The summed E-state index contributed by atoms with van der Waals surface area (Å²) >= 11 is 0. The Labute approximate surface area is 93.1 Å². The summed E-state index contributed by atoms with van der Waals surface area (Å²) in [5, 5.41) is 17.8. The zero-order chi connectivity index (χ0) is 12.1. The maximum absolute atomic E-state index is 11.0. The fourth-order valence-corrected chi connectivity index (χ4v) is 1.63. The van der Waals surface area contributed by atoms with Crippen LogP contribution in [0.5, 0.6) is 0 Å². The van der Waals surface area contributed by atoms with E-state index in [0.717, 1.165) is 19.3 Å². The molecule has 0 aliphatic carbocycles. The average Bonchev–Trinajstić information content (AvgIpc) is 2.62. The van der Waals surface area contributed by atoms with Crippen molar-refractivity contribution < 1.29 is 19.8 Å². The van der Waals surface area contributed by atoms with Crippen molar-refractivity contribution in [3.63, 3.8) is 0 Å². The van der Waals surface area contributed by atoms with E-state index in [1.807, 2.05) is 0 Å². The first-order valence-electron chi connectivity index (χ1n) is 5.24. The summed E-state index contributed by atoms with van der Waals surface area (Å²) in [6, 6.07) is 0. The molecule has 0 aliphatic heterocycles. The SMILES string of the molecule is CCCCCc1[nH]cc(C(=O)O)c1C(=O)O. The number of carbonyl (C=O) groups is 2. The minimum atomic E-state index is -1.21. The van der Waals surface area contributed by atoms with Crippen LogP contribution in [0.3, 0.4) is 0 Å². The second kappa shape index (κ2) is 5.34. The monoisotopic (exact) mass is 225 g/mol. The fraction of sp³-hybridized carbons (Fsp3) is 0.455. The Bertz CT molecular complexity index is 395. The number of hydrogen-bond donors (Lipinski definition) is 3. The maximum Gasteiger partial charge on any atom is 0.338 e. The maximum atomic E-state index is 11.0. The Morgan fingerprint density at radius 3 is 2.44 bits per heavy atom. The number of carboxylic acids is 2. The predicted octanol–water partition coefficient (Wildman–Crippen LogP) is 2.14. The third kappa shape index (κ3) is 2.62. The highest BCUT2D eigenvalue weighted by atomic mass is 16.4. The highest BCUT2D eigenvalue weighted by Crippen LogP contribution is 2.17. The van der Waals surface area contributed by atoms with Crippen molar-refractivity contribution in [1.29, 1.82) is 0 Å². The van der Waals surface area contributed by atoms with Gasteiger partial charge in [-0.1, -0.05) is 19.8 Å². The van der Waals surface area contributed by atoms with Gasteiger partial charge in [-0.2, -0.15) is 0 Å². The van der Waals surface area contributed by atoms with Gasteiger partial charge in [-0.15, -0.1) is 0 Å². The van der Waals surface area contributed by atoms with Gasteiger partial charge in [-0.3, -0.25) is 0 Å². The molecule has 0 aromatic carbocycles. The molecule has 0 aliphatic rings. The molecule has 0 fully saturated rings. The largest absolute Gasteiger partial charge is 0.478 e. The van der Waals surface area contributed by atoms with E-state index in [1.165, 1.54) is 6.20 Å². The summed E-state index contributed by atoms with van der Waals surface area (Å²) in [4.78, 5) is 24.5. The zero-order valence-corrected chi connectivity index (χ0v) is 9.12. The third-order valence-corrected chi connectivity index (χ3v) is 2.44. The van der Waals surface area contributed by atoms with Crippen LogP contribution in [0.15, 0.2) is 6.20 Å². The molecule has 0 saturated heterocycles. The smallest absolute Gasteiger partial charge is 0.338 e. The van der Waals surface area contributed by atoms with Crippen LogP contribution in [-0.2, 0) is 6.42 Å². The predicted molar refractivity (Wildman–Crippen MR) is 57.9 cm³/mol. The number of aryl methyl sites for hydroxylation is 1. The number of rotatable bonds is 6. The molecule has 88 valence electrons. The lowest BCUT2D eigenvalue weighted by atomic mass is 10.1. The Hall–Kier alpha value is -1.78. The molecule has 1 aromatic rings. The Balaban J connectivity index is 2.92. The molecule has 0 radical (unpaired) electrons. The van der Waals surface area contributed by atoms with E-state index in [0.29, 0.717) is 12.1 Å². The number of nitrogens with one attached hydrogen (secondary N) is 1. The van der Waals surface area contributed by atoms with Crippen molar-refractivity contribution in [2.75, 3.05) is 0 Å². The second-order valence-electron chi connectivity index (χ2n) is 3.62. The molecular weight excluding hydrogens is 210 g/mol. The van der Waals surface area contributed by atoms with Crippen LogP contribution in [0, 0.1) is 0 Å². The Morgan fingerprint density at radius 1 is 1.25 bits per heavy atom. The van der Waals surface area contributed by atoms with Crippen LogP contribution >= 0.6 is 0 Å². The van der Waals surface area contributed by atoms with Crippen molar-refractivity contribution in [2.45, 2.75) is 32.6 Å². The normalized spacial score (nSPS) is 10.3. The van der Waals surface area contributed by atoms with E-state index in [4.69, 9.17) is 10.2 Å². The molecule has 0 unspecified atom stereocenters. The number of hydrogen-bond acceptors (Lipinski definition) is 2. The molecule has 5 heteroatoms. The van der Waals surface area contributed by atoms with E-state index in [9.17, 15) is 9.59 Å². The number of aromatic nitrogens is 1. The first-order chi connectivity index (χ1) is 7.57. The van der Waals surface area contributed by atoms with Crippen LogP contribution in [0.1, 0.15) is 52.6 Å². The first-order valence-corrected chi connectivity index (χ1v) is 5.24. The van der Waals surface area contributed by atoms with Gasteiger partial charge < -0.3 is 15.2 Å². The lowest BCUT2D eigenvalue weighted by molar-refractivity contribution is 0.0652. The molecule has 0 bridgehead atoms. The van der Waals surface area contributed by atoms with Crippen molar-refractivity contribution in [3.05, 3.63) is 23.0 Å². The van der Waals surface area contributed by atoms with E-state index >= 15 is 0 Å². The van der Waals surface area contributed by atoms with Crippen molar-refractivity contribution in [2.24, 2.45) is 0 Å². The molecule has 1 heterocycles. The second-order valence-corrected chi connectivity index (χ2v) is 3.62. The topological polar surface area (TPSA) is 90.4 Å². The molecule has 1 rings (SSSR count). The first kappa shape index (κ1) is 12.3. The van der Waals surface area contributed by atoms with Crippen LogP contribution in [-0.4, -0.2) is 27.1 Å². The summed E-state index contributed by atoms with van der Waals surface area (Å²) in [6.45, 7) is 2.05. The van der Waals surface area contributed by atoms with E-state index in [-0.39, 0.29) is 11.1 Å². The van der Waals surface area contributed by atoms with Gasteiger partial charge in [0.1, 0.15) is 0 Å². The summed E-state index contributed by atoms with van der Waals surface area (Å²) in [7, 11) is 0. The number of aromatic amines is 1. The van der Waals surface area contributed by atoms with Gasteiger partial charge in [0.15, 0.2) is 0 Å². The number of H-pyrrole nitrogens is 1. The molecular formula is C11H15NO4. The lowest BCUT2D eigenvalue weighted by Crippen LogP contribution is -2.07. The van der Waals surface area contributed by atoms with Gasteiger partial charge in [0.05, 0.1) is 11.1 Å². The molecule has 0 spiro atoms. The number of aromatic carboxylic acids is 2. The number of carboxylic acid groups (broad SMARTS) is 2. The molecule has 0 saturated carbocycles. The summed E-state index contributed by atoms with van der Waals surface area (Å²) in [5.41, 5.74) is 0.223. The van der Waals surface area contributed by atoms with Crippen molar-refractivity contribution in [1.82, 2.24) is 4.98 Å². The van der Waals surface area contributed by atoms with Gasteiger partial charge in [0, 0.05) is 11.9 Å². The highest BCUT2D eigenvalue weighted by molar-refractivity contribution is 6.02. The molecule has 5 nitrogen and oxygen atoms in total. The van der Waals surface area contributed by atoms with Crippen LogP contribution < -0.4 is 0 Å². The standard InChI is InChI=1S/C11H15NO4/c1-2-3-4-5-8-9(11(15)16)7(6-12-8)10(13)14/h6,12H,2-5H2,1H3,(H,13,14)(H,15,16). The van der Waals surface area contributed by atoms with Crippen LogP contribution in [0.4, 0.5) is 0 Å². The molecule has 3 N–H and O–H groups in total. The summed E-state index contributed by atoms with van der Waals surface area (Å²) in [5.74, 6) is -2.40. The van der Waals surface area contributed by atoms with E-state index in [2.05, 4.69) is 11.9 Å². The Morgan fingerprint density at radius 2 is 1.94 bits per heavy atom. The zero-order valence-electron chi connectivity index (χ0n) is 9.12. The Kier molecular flexibility index (Phi) is 4.10. The lowest BCUT2D eigenvalue weighted by Gasteiger charge is -2.00. The quantitative estimate of drug-likeness (QED) is 0.647. The van der Waals surface area contributed by atoms with Gasteiger partial charge in [0.2, 0.25) is 0 Å². The van der Waals surface area contributed by atoms with E-state index < -0.39 is 11.9 Å². The molecule has 1 aromatic heterocycles. The van der Waals surface area contributed by atoms with Crippen molar-refractivity contribution in [3.8, 4) is 0 Å². The van der Waals surface area contributed by atoms with E-state index in [1.54, 1.807) is 0 Å². The summed E-state index contributed by atoms with van der Waals surface area (Å²) in [6.07, 6.45) is 4.71. The minimum Gasteiger partial charge on any atom is -0.478 e.